The van der Waals surface area contributed by atoms with Gasteiger partial charge < -0.3 is 10.3 Å². The summed E-state index contributed by atoms with van der Waals surface area (Å²) in [6.07, 6.45) is 3.03. The molecule has 0 unspecified atom stereocenters. The summed E-state index contributed by atoms with van der Waals surface area (Å²) in [6, 6.07) is 8.08. The Morgan fingerprint density at radius 3 is 2.94 bits per heavy atom. The Morgan fingerprint density at radius 1 is 1.35 bits per heavy atom. The molecule has 1 aromatic carbocycles. The Bertz CT molecular complexity index is 479. The highest BCUT2D eigenvalue weighted by atomic mass is 79.9. The van der Waals surface area contributed by atoms with Crippen LogP contribution in [0.5, 0.6) is 0 Å². The number of hydrogen-bond donors (Lipinski definition) is 2. The van der Waals surface area contributed by atoms with Crippen LogP contribution in [0.4, 0.5) is 0 Å². The lowest BCUT2D eigenvalue weighted by Crippen LogP contribution is -2.13. The summed E-state index contributed by atoms with van der Waals surface area (Å²) in [6.45, 7) is 4.03. The van der Waals surface area contributed by atoms with E-state index in [0.29, 0.717) is 0 Å². The molecular formula is C13H16BrN3. The molecule has 0 atom stereocenters. The molecule has 0 aliphatic carbocycles. The van der Waals surface area contributed by atoms with Gasteiger partial charge in [-0.25, -0.2) is 4.98 Å². The van der Waals surface area contributed by atoms with Crippen LogP contribution in [0.15, 0.2) is 34.9 Å². The number of nitrogens with one attached hydrogen (secondary N) is 2. The predicted molar refractivity (Wildman–Crippen MR) is 73.7 cm³/mol. The molecule has 0 aliphatic heterocycles. The minimum absolute atomic E-state index is 0.839. The Morgan fingerprint density at radius 2 is 2.18 bits per heavy atom. The van der Waals surface area contributed by atoms with Crippen molar-refractivity contribution in [3.63, 3.8) is 0 Å². The third-order valence-electron chi connectivity index (χ3n) is 2.50. The summed E-state index contributed by atoms with van der Waals surface area (Å²) in [5, 5.41) is 3.35. The highest BCUT2D eigenvalue weighted by Gasteiger charge is 2.06. The second kappa shape index (κ2) is 5.98. The van der Waals surface area contributed by atoms with Crippen molar-refractivity contribution in [2.75, 3.05) is 6.54 Å². The number of aromatic amines is 1. The van der Waals surface area contributed by atoms with Crippen molar-refractivity contribution in [3.05, 3.63) is 40.6 Å². The smallest absolute Gasteiger partial charge is 0.138 e. The SMILES string of the molecule is CCCNCc1cnc(-c2ccccc2Br)[nH]1. The van der Waals surface area contributed by atoms with Crippen LogP contribution in [0, 0.1) is 0 Å². The number of benzene rings is 1. The highest BCUT2D eigenvalue weighted by molar-refractivity contribution is 9.10. The first-order valence-corrected chi connectivity index (χ1v) is 6.60. The van der Waals surface area contributed by atoms with Crippen molar-refractivity contribution in [2.45, 2.75) is 19.9 Å². The van der Waals surface area contributed by atoms with E-state index in [1.54, 1.807) is 0 Å². The predicted octanol–water partition coefficient (Wildman–Crippen LogP) is 3.34. The molecule has 0 spiro atoms. The fraction of sp³-hybridized carbons (Fsp3) is 0.308. The third-order valence-corrected chi connectivity index (χ3v) is 3.19. The summed E-state index contributed by atoms with van der Waals surface area (Å²) < 4.78 is 1.06. The van der Waals surface area contributed by atoms with Crippen molar-refractivity contribution >= 4 is 15.9 Å². The molecule has 0 radical (unpaired) electrons. The molecule has 2 aromatic rings. The first-order valence-electron chi connectivity index (χ1n) is 5.80. The van der Waals surface area contributed by atoms with Gasteiger partial charge in [0.15, 0.2) is 0 Å². The van der Waals surface area contributed by atoms with Crippen LogP contribution >= 0.6 is 15.9 Å². The van der Waals surface area contributed by atoms with Crippen molar-refractivity contribution in [1.29, 1.82) is 0 Å². The zero-order valence-corrected chi connectivity index (χ0v) is 11.4. The van der Waals surface area contributed by atoms with Crippen molar-refractivity contribution in [2.24, 2.45) is 0 Å². The lowest BCUT2D eigenvalue weighted by atomic mass is 10.2. The monoisotopic (exact) mass is 293 g/mol. The van der Waals surface area contributed by atoms with Crippen LogP contribution in [0.2, 0.25) is 0 Å². The van der Waals surface area contributed by atoms with E-state index >= 15 is 0 Å². The third kappa shape index (κ3) is 3.17. The van der Waals surface area contributed by atoms with Crippen LogP contribution in [-0.2, 0) is 6.54 Å². The molecule has 3 nitrogen and oxygen atoms in total. The summed E-state index contributed by atoms with van der Waals surface area (Å²) in [5.74, 6) is 0.908. The number of H-pyrrole nitrogens is 1. The maximum atomic E-state index is 4.40. The molecule has 90 valence electrons. The zero-order chi connectivity index (χ0) is 12.1. The van der Waals surface area contributed by atoms with Gasteiger partial charge in [-0.15, -0.1) is 0 Å². The minimum atomic E-state index is 0.839. The molecule has 2 N–H and O–H groups in total. The molecule has 0 amide bonds. The highest BCUT2D eigenvalue weighted by Crippen LogP contribution is 2.25. The summed E-state index contributed by atoms with van der Waals surface area (Å²) in [4.78, 5) is 7.73. The van der Waals surface area contributed by atoms with Gasteiger partial charge in [0, 0.05) is 28.5 Å². The van der Waals surface area contributed by atoms with E-state index in [4.69, 9.17) is 0 Å². The number of aromatic nitrogens is 2. The zero-order valence-electron chi connectivity index (χ0n) is 9.83. The fourth-order valence-corrected chi connectivity index (χ4v) is 2.11. The van der Waals surface area contributed by atoms with Crippen LogP contribution in [0.25, 0.3) is 11.4 Å². The average Bonchev–Trinajstić information content (AvgIpc) is 2.79. The molecule has 4 heteroatoms. The molecule has 1 heterocycles. The standard InChI is InChI=1S/C13H16BrN3/c1-2-7-15-8-10-9-16-13(17-10)11-5-3-4-6-12(11)14/h3-6,9,15H,2,7-8H2,1H3,(H,16,17). The van der Waals surface area contributed by atoms with E-state index < -0.39 is 0 Å². The second-order valence-corrected chi connectivity index (χ2v) is 4.77. The molecule has 1 aromatic heterocycles. The topological polar surface area (TPSA) is 40.7 Å². The van der Waals surface area contributed by atoms with E-state index in [1.807, 2.05) is 30.5 Å². The first kappa shape index (κ1) is 12.3. The van der Waals surface area contributed by atoms with Gasteiger partial charge in [0.1, 0.15) is 5.82 Å². The van der Waals surface area contributed by atoms with Crippen molar-refractivity contribution in [3.8, 4) is 11.4 Å². The van der Waals surface area contributed by atoms with Gasteiger partial charge in [-0.3, -0.25) is 0 Å². The van der Waals surface area contributed by atoms with Gasteiger partial charge in [0.2, 0.25) is 0 Å². The first-order chi connectivity index (χ1) is 8.31. The molecular weight excluding hydrogens is 278 g/mol. The summed E-state index contributed by atoms with van der Waals surface area (Å²) in [5.41, 5.74) is 2.21. The largest absolute Gasteiger partial charge is 0.341 e. The van der Waals surface area contributed by atoms with Crippen molar-refractivity contribution < 1.29 is 0 Å². The van der Waals surface area contributed by atoms with E-state index in [2.05, 4.69) is 38.1 Å². The van der Waals surface area contributed by atoms with Gasteiger partial charge >= 0.3 is 0 Å². The average molecular weight is 294 g/mol. The number of imidazole rings is 1. The molecule has 2 rings (SSSR count). The minimum Gasteiger partial charge on any atom is -0.341 e. The molecule has 0 aliphatic rings. The maximum absolute atomic E-state index is 4.40. The van der Waals surface area contributed by atoms with Gasteiger partial charge in [-0.2, -0.15) is 0 Å². The normalized spacial score (nSPS) is 10.7. The van der Waals surface area contributed by atoms with Crippen LogP contribution in [0.1, 0.15) is 19.0 Å². The van der Waals surface area contributed by atoms with Crippen LogP contribution < -0.4 is 5.32 Å². The molecule has 17 heavy (non-hydrogen) atoms. The number of rotatable bonds is 5. The Hall–Kier alpha value is -1.13. The van der Waals surface area contributed by atoms with Crippen LogP contribution in [0.3, 0.4) is 0 Å². The Labute approximate surface area is 110 Å². The Kier molecular flexibility index (Phi) is 4.34. The molecule has 0 fully saturated rings. The molecule has 0 saturated heterocycles. The van der Waals surface area contributed by atoms with Crippen LogP contribution in [-0.4, -0.2) is 16.5 Å². The fourth-order valence-electron chi connectivity index (χ4n) is 1.64. The van der Waals surface area contributed by atoms with E-state index in [-0.39, 0.29) is 0 Å². The van der Waals surface area contributed by atoms with E-state index in [0.717, 1.165) is 41.1 Å². The lowest BCUT2D eigenvalue weighted by Gasteiger charge is -2.01. The van der Waals surface area contributed by atoms with E-state index in [9.17, 15) is 0 Å². The molecule has 0 bridgehead atoms. The number of nitrogens with zero attached hydrogens (tertiary/aromatic N) is 1. The lowest BCUT2D eigenvalue weighted by molar-refractivity contribution is 0.667. The summed E-state index contributed by atoms with van der Waals surface area (Å²) in [7, 11) is 0. The van der Waals surface area contributed by atoms with Crippen molar-refractivity contribution in [1.82, 2.24) is 15.3 Å². The summed E-state index contributed by atoms with van der Waals surface area (Å²) >= 11 is 3.53. The van der Waals surface area contributed by atoms with Gasteiger partial charge in [0.25, 0.3) is 0 Å². The van der Waals surface area contributed by atoms with E-state index in [1.165, 1.54) is 0 Å². The van der Waals surface area contributed by atoms with Gasteiger partial charge in [-0.1, -0.05) is 41.1 Å². The number of halogens is 1. The molecule has 0 saturated carbocycles. The van der Waals surface area contributed by atoms with Gasteiger partial charge in [0.05, 0.1) is 0 Å². The van der Waals surface area contributed by atoms with Gasteiger partial charge in [-0.05, 0) is 19.0 Å². The second-order valence-electron chi connectivity index (χ2n) is 3.91. The maximum Gasteiger partial charge on any atom is 0.138 e. The number of hydrogen-bond acceptors (Lipinski definition) is 2. The Balaban J connectivity index is 2.10. The quantitative estimate of drug-likeness (QED) is 0.830.